The third-order valence-corrected chi connectivity index (χ3v) is 3.97. The van der Waals surface area contributed by atoms with E-state index in [1.54, 1.807) is 0 Å². The summed E-state index contributed by atoms with van der Waals surface area (Å²) in [6, 6.07) is 7.63. The molecule has 0 atom stereocenters. The minimum Gasteiger partial charge on any atom is -0.398 e. The van der Waals surface area contributed by atoms with Gasteiger partial charge in [0.05, 0.1) is 5.75 Å². The zero-order valence-electron chi connectivity index (χ0n) is 11.7. The standard InChI is InChI=1S/C15H24N2OS/c1-2-3-4-5-8-11-17-15(18)12-19-14-10-7-6-9-13(14)16/h6-7,9-10H,2-5,8,11-12,16H2,1H3,(H,17,18). The number of hydrogen-bond acceptors (Lipinski definition) is 3. The van der Waals surface area contributed by atoms with Crippen LogP contribution in [0.25, 0.3) is 0 Å². The van der Waals surface area contributed by atoms with Gasteiger partial charge in [0, 0.05) is 17.1 Å². The number of carbonyl (C=O) groups excluding carboxylic acids is 1. The maximum atomic E-state index is 11.6. The van der Waals surface area contributed by atoms with Crippen LogP contribution in [0.1, 0.15) is 39.0 Å². The molecule has 1 rings (SSSR count). The summed E-state index contributed by atoms with van der Waals surface area (Å²) < 4.78 is 0. The lowest BCUT2D eigenvalue weighted by Crippen LogP contribution is -2.26. The third-order valence-electron chi connectivity index (χ3n) is 2.88. The number of rotatable bonds is 9. The monoisotopic (exact) mass is 280 g/mol. The Hall–Kier alpha value is -1.16. The summed E-state index contributed by atoms with van der Waals surface area (Å²) in [5, 5.41) is 2.95. The molecule has 0 fully saturated rings. The lowest BCUT2D eigenvalue weighted by molar-refractivity contribution is -0.118. The first-order chi connectivity index (χ1) is 9.24. The predicted molar refractivity (Wildman–Crippen MR) is 83.3 cm³/mol. The Kier molecular flexibility index (Phi) is 8.14. The second-order valence-corrected chi connectivity index (χ2v) is 5.61. The molecule has 1 aromatic rings. The van der Waals surface area contributed by atoms with Gasteiger partial charge in [0.25, 0.3) is 0 Å². The lowest BCUT2D eigenvalue weighted by Gasteiger charge is -2.06. The van der Waals surface area contributed by atoms with E-state index in [2.05, 4.69) is 12.2 Å². The Balaban J connectivity index is 2.10. The summed E-state index contributed by atoms with van der Waals surface area (Å²) >= 11 is 1.49. The summed E-state index contributed by atoms with van der Waals surface area (Å²) in [5.41, 5.74) is 6.56. The van der Waals surface area contributed by atoms with Crippen LogP contribution in [-0.2, 0) is 4.79 Å². The largest absolute Gasteiger partial charge is 0.398 e. The average Bonchev–Trinajstić information content (AvgIpc) is 2.42. The van der Waals surface area contributed by atoms with Gasteiger partial charge in [0.2, 0.25) is 5.91 Å². The van der Waals surface area contributed by atoms with Crippen molar-refractivity contribution in [2.45, 2.75) is 43.9 Å². The Labute approximate surface area is 120 Å². The van der Waals surface area contributed by atoms with Crippen molar-refractivity contribution in [2.24, 2.45) is 0 Å². The number of unbranched alkanes of at least 4 members (excludes halogenated alkanes) is 4. The van der Waals surface area contributed by atoms with E-state index in [1.165, 1.54) is 37.4 Å². The van der Waals surface area contributed by atoms with Gasteiger partial charge in [-0.1, -0.05) is 44.7 Å². The molecule has 106 valence electrons. The molecule has 3 nitrogen and oxygen atoms in total. The molecule has 0 saturated carbocycles. The Bertz CT molecular complexity index is 382. The molecule has 0 aliphatic rings. The lowest BCUT2D eigenvalue weighted by atomic mass is 10.1. The molecule has 0 aliphatic carbocycles. The van der Waals surface area contributed by atoms with Crippen molar-refractivity contribution in [1.29, 1.82) is 0 Å². The number of benzene rings is 1. The summed E-state index contributed by atoms with van der Waals surface area (Å²) in [4.78, 5) is 12.6. The highest BCUT2D eigenvalue weighted by atomic mass is 32.2. The van der Waals surface area contributed by atoms with Gasteiger partial charge < -0.3 is 11.1 Å². The molecular formula is C15H24N2OS. The van der Waals surface area contributed by atoms with Crippen molar-refractivity contribution < 1.29 is 4.79 Å². The summed E-state index contributed by atoms with van der Waals surface area (Å²) in [6.07, 6.45) is 6.08. The van der Waals surface area contributed by atoms with Gasteiger partial charge in [-0.15, -0.1) is 11.8 Å². The number of nitrogens with one attached hydrogen (secondary N) is 1. The third kappa shape index (κ3) is 7.11. The summed E-state index contributed by atoms with van der Waals surface area (Å²) in [6.45, 7) is 2.99. The van der Waals surface area contributed by atoms with Gasteiger partial charge in [-0.2, -0.15) is 0 Å². The number of thioether (sulfide) groups is 1. The van der Waals surface area contributed by atoms with Crippen LogP contribution in [0.3, 0.4) is 0 Å². The van der Waals surface area contributed by atoms with E-state index < -0.39 is 0 Å². The van der Waals surface area contributed by atoms with Crippen molar-refractivity contribution in [2.75, 3.05) is 18.0 Å². The van der Waals surface area contributed by atoms with E-state index in [-0.39, 0.29) is 5.91 Å². The molecule has 0 radical (unpaired) electrons. The maximum absolute atomic E-state index is 11.6. The Morgan fingerprint density at radius 1 is 1.21 bits per heavy atom. The average molecular weight is 280 g/mol. The molecule has 0 bridgehead atoms. The second-order valence-electron chi connectivity index (χ2n) is 4.59. The van der Waals surface area contributed by atoms with Gasteiger partial charge in [0.1, 0.15) is 0 Å². The van der Waals surface area contributed by atoms with Gasteiger partial charge in [-0.25, -0.2) is 0 Å². The molecule has 4 heteroatoms. The molecule has 0 aromatic heterocycles. The van der Waals surface area contributed by atoms with Crippen LogP contribution in [0.15, 0.2) is 29.2 Å². The van der Waals surface area contributed by atoms with E-state index in [1.807, 2.05) is 24.3 Å². The van der Waals surface area contributed by atoms with Gasteiger partial charge in [-0.3, -0.25) is 4.79 Å². The first kappa shape index (κ1) is 15.9. The first-order valence-corrected chi connectivity index (χ1v) is 7.96. The van der Waals surface area contributed by atoms with Gasteiger partial charge >= 0.3 is 0 Å². The Morgan fingerprint density at radius 2 is 1.95 bits per heavy atom. The highest BCUT2D eigenvalue weighted by Gasteiger charge is 2.04. The number of nitrogen functional groups attached to an aromatic ring is 1. The number of anilines is 1. The number of para-hydroxylation sites is 1. The molecule has 0 saturated heterocycles. The zero-order valence-corrected chi connectivity index (χ0v) is 12.5. The molecule has 0 spiro atoms. The van der Waals surface area contributed by atoms with Crippen LogP contribution < -0.4 is 11.1 Å². The highest BCUT2D eigenvalue weighted by Crippen LogP contribution is 2.23. The molecule has 0 unspecified atom stereocenters. The Morgan fingerprint density at radius 3 is 2.68 bits per heavy atom. The SMILES string of the molecule is CCCCCCCNC(=O)CSc1ccccc1N. The highest BCUT2D eigenvalue weighted by molar-refractivity contribution is 8.00. The van der Waals surface area contributed by atoms with Crippen LogP contribution in [0.2, 0.25) is 0 Å². The van der Waals surface area contributed by atoms with E-state index in [0.29, 0.717) is 5.75 Å². The minimum absolute atomic E-state index is 0.0868. The smallest absolute Gasteiger partial charge is 0.230 e. The molecule has 1 amide bonds. The molecule has 0 aliphatic heterocycles. The van der Waals surface area contributed by atoms with Crippen LogP contribution in [0, 0.1) is 0 Å². The van der Waals surface area contributed by atoms with Gasteiger partial charge in [-0.05, 0) is 18.6 Å². The van der Waals surface area contributed by atoms with E-state index in [9.17, 15) is 4.79 Å². The van der Waals surface area contributed by atoms with Crippen molar-refractivity contribution in [1.82, 2.24) is 5.32 Å². The van der Waals surface area contributed by atoms with Crippen molar-refractivity contribution >= 4 is 23.4 Å². The quantitative estimate of drug-likeness (QED) is 0.414. The summed E-state index contributed by atoms with van der Waals surface area (Å²) in [5.74, 6) is 0.521. The topological polar surface area (TPSA) is 55.1 Å². The van der Waals surface area contributed by atoms with Crippen molar-refractivity contribution in [3.63, 3.8) is 0 Å². The first-order valence-electron chi connectivity index (χ1n) is 6.98. The van der Waals surface area contributed by atoms with E-state index in [0.717, 1.165) is 23.5 Å². The van der Waals surface area contributed by atoms with Crippen LogP contribution in [0.4, 0.5) is 5.69 Å². The fourth-order valence-corrected chi connectivity index (χ4v) is 2.56. The number of nitrogens with two attached hydrogens (primary N) is 1. The van der Waals surface area contributed by atoms with Crippen LogP contribution in [0.5, 0.6) is 0 Å². The van der Waals surface area contributed by atoms with Crippen molar-refractivity contribution in [3.05, 3.63) is 24.3 Å². The second kappa shape index (κ2) is 9.73. The van der Waals surface area contributed by atoms with Crippen LogP contribution in [-0.4, -0.2) is 18.2 Å². The van der Waals surface area contributed by atoms with E-state index in [4.69, 9.17) is 5.73 Å². The fraction of sp³-hybridized carbons (Fsp3) is 0.533. The van der Waals surface area contributed by atoms with E-state index >= 15 is 0 Å². The molecule has 3 N–H and O–H groups in total. The molecule has 19 heavy (non-hydrogen) atoms. The minimum atomic E-state index is 0.0868. The fourth-order valence-electron chi connectivity index (χ4n) is 1.76. The maximum Gasteiger partial charge on any atom is 0.230 e. The van der Waals surface area contributed by atoms with Crippen LogP contribution >= 0.6 is 11.8 Å². The number of hydrogen-bond donors (Lipinski definition) is 2. The van der Waals surface area contributed by atoms with Gasteiger partial charge in [0.15, 0.2) is 0 Å². The van der Waals surface area contributed by atoms with Crippen molar-refractivity contribution in [3.8, 4) is 0 Å². The normalized spacial score (nSPS) is 10.4. The molecular weight excluding hydrogens is 256 g/mol. The number of carbonyl (C=O) groups is 1. The number of amides is 1. The zero-order chi connectivity index (χ0) is 13.9. The predicted octanol–water partition coefficient (Wildman–Crippen LogP) is 3.45. The molecule has 1 aromatic carbocycles. The summed E-state index contributed by atoms with van der Waals surface area (Å²) in [7, 11) is 0. The molecule has 0 heterocycles.